The lowest BCUT2D eigenvalue weighted by Gasteiger charge is -2.26. The number of carboxylic acid groups (broad SMARTS) is 1. The lowest BCUT2D eigenvalue weighted by Crippen LogP contribution is -2.42. The molecule has 0 aliphatic heterocycles. The fourth-order valence-electron chi connectivity index (χ4n) is 2.51. The van der Waals surface area contributed by atoms with Crippen molar-refractivity contribution < 1.29 is 19.8 Å². The van der Waals surface area contributed by atoms with Crippen LogP contribution in [0.1, 0.15) is 40.0 Å². The molecule has 0 radical (unpaired) electrons. The Hall–Kier alpha value is -1.36. The molecule has 0 fully saturated rings. The second kappa shape index (κ2) is 6.88. The van der Waals surface area contributed by atoms with Gasteiger partial charge in [-0.3, -0.25) is 9.59 Å². The molecule has 0 aromatic carbocycles. The number of nitrogens with one attached hydrogen (secondary N) is 1. The lowest BCUT2D eigenvalue weighted by molar-refractivity contribution is -0.147. The van der Waals surface area contributed by atoms with E-state index in [0.29, 0.717) is 19.3 Å². The van der Waals surface area contributed by atoms with Crippen molar-refractivity contribution in [1.29, 1.82) is 0 Å². The van der Waals surface area contributed by atoms with Crippen LogP contribution in [0.2, 0.25) is 0 Å². The Bertz CT molecular complexity index is 384. The molecular formula is C15H25NO4. The van der Waals surface area contributed by atoms with E-state index in [4.69, 9.17) is 5.11 Å². The molecule has 0 aromatic heterocycles. The SMILES string of the molecule is CC(C)(C)CC(O)CNC(=O)C1CC=CCC1C(=O)O. The minimum absolute atomic E-state index is 0.0126. The van der Waals surface area contributed by atoms with Gasteiger partial charge in [-0.05, 0) is 24.7 Å². The van der Waals surface area contributed by atoms with Crippen molar-refractivity contribution in [2.75, 3.05) is 6.54 Å². The average Bonchev–Trinajstić information content (AvgIpc) is 2.33. The van der Waals surface area contributed by atoms with Gasteiger partial charge in [0.05, 0.1) is 17.9 Å². The summed E-state index contributed by atoms with van der Waals surface area (Å²) in [6, 6.07) is 0. The second-order valence-electron chi connectivity index (χ2n) is 6.66. The summed E-state index contributed by atoms with van der Waals surface area (Å²) in [5, 5.41) is 21.7. The predicted octanol–water partition coefficient (Wildman–Crippen LogP) is 1.57. The molecule has 1 aliphatic rings. The number of hydrogen-bond acceptors (Lipinski definition) is 3. The molecule has 0 aromatic rings. The van der Waals surface area contributed by atoms with Crippen LogP contribution in [0.25, 0.3) is 0 Å². The fraction of sp³-hybridized carbons (Fsp3) is 0.733. The van der Waals surface area contributed by atoms with E-state index in [2.05, 4.69) is 5.32 Å². The molecule has 0 saturated heterocycles. The van der Waals surface area contributed by atoms with Crippen molar-refractivity contribution in [2.45, 2.75) is 46.1 Å². The van der Waals surface area contributed by atoms with Crippen molar-refractivity contribution in [2.24, 2.45) is 17.3 Å². The molecule has 0 heterocycles. The highest BCUT2D eigenvalue weighted by Gasteiger charge is 2.34. The third-order valence-electron chi connectivity index (χ3n) is 3.45. The number of carbonyl (C=O) groups is 2. The van der Waals surface area contributed by atoms with Crippen LogP contribution in [-0.4, -0.2) is 34.7 Å². The van der Waals surface area contributed by atoms with E-state index in [1.54, 1.807) is 6.08 Å². The molecule has 3 unspecified atom stereocenters. The molecule has 1 rings (SSSR count). The number of rotatable bonds is 5. The molecule has 0 saturated carbocycles. The molecule has 114 valence electrons. The largest absolute Gasteiger partial charge is 0.481 e. The van der Waals surface area contributed by atoms with E-state index in [-0.39, 0.29) is 17.9 Å². The van der Waals surface area contributed by atoms with Gasteiger partial charge in [0.2, 0.25) is 5.91 Å². The smallest absolute Gasteiger partial charge is 0.307 e. The summed E-state index contributed by atoms with van der Waals surface area (Å²) in [6.07, 6.45) is 4.45. The van der Waals surface area contributed by atoms with Crippen LogP contribution < -0.4 is 5.32 Å². The zero-order valence-corrected chi connectivity index (χ0v) is 12.4. The Labute approximate surface area is 120 Å². The highest BCUT2D eigenvalue weighted by Crippen LogP contribution is 2.26. The molecule has 1 amide bonds. The number of hydrogen-bond donors (Lipinski definition) is 3. The topological polar surface area (TPSA) is 86.6 Å². The summed E-state index contributed by atoms with van der Waals surface area (Å²) < 4.78 is 0. The highest BCUT2D eigenvalue weighted by atomic mass is 16.4. The van der Waals surface area contributed by atoms with Crippen LogP contribution in [-0.2, 0) is 9.59 Å². The van der Waals surface area contributed by atoms with Crippen LogP contribution in [0, 0.1) is 17.3 Å². The van der Waals surface area contributed by atoms with Gasteiger partial charge in [-0.15, -0.1) is 0 Å². The fourth-order valence-corrected chi connectivity index (χ4v) is 2.51. The number of aliphatic carboxylic acids is 1. The predicted molar refractivity (Wildman–Crippen MR) is 76.1 cm³/mol. The van der Waals surface area contributed by atoms with E-state index in [9.17, 15) is 14.7 Å². The first-order chi connectivity index (χ1) is 9.20. The van der Waals surface area contributed by atoms with Crippen molar-refractivity contribution >= 4 is 11.9 Å². The van der Waals surface area contributed by atoms with Gasteiger partial charge in [0.15, 0.2) is 0 Å². The first-order valence-electron chi connectivity index (χ1n) is 7.04. The van der Waals surface area contributed by atoms with E-state index in [1.807, 2.05) is 26.8 Å². The molecular weight excluding hydrogens is 258 g/mol. The third kappa shape index (κ3) is 5.33. The maximum atomic E-state index is 12.1. The summed E-state index contributed by atoms with van der Waals surface area (Å²) in [6.45, 7) is 6.22. The Morgan fingerprint density at radius 2 is 1.80 bits per heavy atom. The first kappa shape index (κ1) is 16.7. The van der Waals surface area contributed by atoms with Gasteiger partial charge in [-0.25, -0.2) is 0 Å². The summed E-state index contributed by atoms with van der Waals surface area (Å²) >= 11 is 0. The summed E-state index contributed by atoms with van der Waals surface area (Å²) in [5.74, 6) is -2.43. The van der Waals surface area contributed by atoms with Gasteiger partial charge in [0.1, 0.15) is 0 Å². The second-order valence-corrected chi connectivity index (χ2v) is 6.66. The summed E-state index contributed by atoms with van der Waals surface area (Å²) in [4.78, 5) is 23.2. The molecule has 5 nitrogen and oxygen atoms in total. The van der Waals surface area contributed by atoms with Crippen molar-refractivity contribution in [3.63, 3.8) is 0 Å². The molecule has 3 N–H and O–H groups in total. The van der Waals surface area contributed by atoms with Gasteiger partial charge in [-0.2, -0.15) is 0 Å². The number of aliphatic hydroxyl groups is 1. The minimum atomic E-state index is -0.940. The summed E-state index contributed by atoms with van der Waals surface area (Å²) in [7, 11) is 0. The first-order valence-corrected chi connectivity index (χ1v) is 7.04. The van der Waals surface area contributed by atoms with Gasteiger partial charge in [-0.1, -0.05) is 32.9 Å². The van der Waals surface area contributed by atoms with E-state index in [1.165, 1.54) is 0 Å². The summed E-state index contributed by atoms with van der Waals surface area (Å²) in [5.41, 5.74) is -0.0126. The van der Waals surface area contributed by atoms with Crippen LogP contribution >= 0.6 is 0 Å². The Kier molecular flexibility index (Phi) is 5.74. The van der Waals surface area contributed by atoms with E-state index >= 15 is 0 Å². The van der Waals surface area contributed by atoms with E-state index in [0.717, 1.165) is 0 Å². The molecule has 20 heavy (non-hydrogen) atoms. The zero-order chi connectivity index (χ0) is 15.3. The monoisotopic (exact) mass is 283 g/mol. The van der Waals surface area contributed by atoms with Gasteiger partial charge >= 0.3 is 5.97 Å². The van der Waals surface area contributed by atoms with E-state index < -0.39 is 23.9 Å². The maximum Gasteiger partial charge on any atom is 0.307 e. The molecule has 0 spiro atoms. The lowest BCUT2D eigenvalue weighted by atomic mass is 9.82. The quantitative estimate of drug-likeness (QED) is 0.668. The maximum absolute atomic E-state index is 12.1. The molecule has 3 atom stereocenters. The van der Waals surface area contributed by atoms with Crippen molar-refractivity contribution in [1.82, 2.24) is 5.32 Å². The Balaban J connectivity index is 2.49. The van der Waals surface area contributed by atoms with Crippen molar-refractivity contribution in [3.8, 4) is 0 Å². The highest BCUT2D eigenvalue weighted by molar-refractivity contribution is 5.85. The van der Waals surface area contributed by atoms with Crippen molar-refractivity contribution in [3.05, 3.63) is 12.2 Å². The number of amides is 1. The molecule has 0 bridgehead atoms. The number of allylic oxidation sites excluding steroid dienone is 2. The minimum Gasteiger partial charge on any atom is -0.481 e. The van der Waals surface area contributed by atoms with Gasteiger partial charge < -0.3 is 15.5 Å². The zero-order valence-electron chi connectivity index (χ0n) is 12.4. The van der Waals surface area contributed by atoms with Crippen LogP contribution in [0.4, 0.5) is 0 Å². The van der Waals surface area contributed by atoms with Crippen LogP contribution in [0.5, 0.6) is 0 Å². The molecule has 1 aliphatic carbocycles. The Morgan fingerprint density at radius 3 is 2.30 bits per heavy atom. The third-order valence-corrected chi connectivity index (χ3v) is 3.45. The van der Waals surface area contributed by atoms with Crippen LogP contribution in [0.15, 0.2) is 12.2 Å². The van der Waals surface area contributed by atoms with Gasteiger partial charge in [0.25, 0.3) is 0 Å². The normalized spacial score (nSPS) is 24.2. The molecule has 5 heteroatoms. The number of aliphatic hydroxyl groups excluding tert-OH is 1. The number of carbonyl (C=O) groups excluding carboxylic acids is 1. The van der Waals surface area contributed by atoms with Gasteiger partial charge in [0, 0.05) is 6.54 Å². The average molecular weight is 283 g/mol. The Morgan fingerprint density at radius 1 is 1.25 bits per heavy atom. The number of carboxylic acids is 1. The van der Waals surface area contributed by atoms with Crippen LogP contribution in [0.3, 0.4) is 0 Å². The standard InChI is InChI=1S/C15H25NO4/c1-15(2,3)8-10(17)9-16-13(18)11-6-4-5-7-12(11)14(19)20/h4-5,10-12,17H,6-9H2,1-3H3,(H,16,18)(H,19,20).